The van der Waals surface area contributed by atoms with E-state index in [0.717, 1.165) is 5.56 Å². The Morgan fingerprint density at radius 2 is 2.50 bits per heavy atom. The largest absolute Gasteiger partial charge is 0.367 e. The van der Waals surface area contributed by atoms with Crippen LogP contribution in [0.25, 0.3) is 0 Å². The molecular weight excluding hydrogens is 178 g/mol. The number of hydrogen-bond acceptors (Lipinski definition) is 2. The van der Waals surface area contributed by atoms with Crippen molar-refractivity contribution in [3.05, 3.63) is 24.0 Å². The third kappa shape index (κ3) is 1.49. The molecule has 0 atom stereocenters. The van der Waals surface area contributed by atoms with E-state index in [-0.39, 0.29) is 5.91 Å². The highest BCUT2D eigenvalue weighted by Crippen LogP contribution is 2.44. The number of nitrogens with zero attached hydrogens (tertiary/aromatic N) is 1. The monoisotopic (exact) mass is 189 g/mol. The summed E-state index contributed by atoms with van der Waals surface area (Å²) < 4.78 is 0. The second-order valence-electron chi connectivity index (χ2n) is 3.60. The van der Waals surface area contributed by atoms with Gasteiger partial charge in [0.2, 0.25) is 5.91 Å². The molecule has 1 heterocycles. The summed E-state index contributed by atoms with van der Waals surface area (Å²) in [6.45, 7) is 0.492. The maximum Gasteiger partial charge on any atom is 0.240 e. The molecule has 72 valence electrons. The average Bonchev–Trinajstić information content (AvgIpc) is 2.84. The lowest BCUT2D eigenvalue weighted by atomic mass is 10.1. The molecule has 4 heteroatoms. The van der Waals surface area contributed by atoms with Crippen LogP contribution in [0.2, 0.25) is 0 Å². The van der Waals surface area contributed by atoms with Gasteiger partial charge in [0, 0.05) is 18.9 Å². The van der Waals surface area contributed by atoms with E-state index in [1.807, 2.05) is 12.3 Å². The number of aromatic nitrogens is 1. The molecule has 1 fully saturated rings. The standard InChI is InChI=1S/C10H11N3O/c11-7-10(2-3-10)9(14)13-6-8-1-4-12-5-8/h1,4-5,12H,2-3,6H2,(H,13,14). The number of nitrogens with one attached hydrogen (secondary N) is 2. The van der Waals surface area contributed by atoms with Gasteiger partial charge in [-0.3, -0.25) is 4.79 Å². The molecule has 0 unspecified atom stereocenters. The van der Waals surface area contributed by atoms with E-state index in [4.69, 9.17) is 5.26 Å². The van der Waals surface area contributed by atoms with Crippen LogP contribution in [-0.4, -0.2) is 10.9 Å². The first-order chi connectivity index (χ1) is 6.77. The van der Waals surface area contributed by atoms with Gasteiger partial charge in [-0.25, -0.2) is 0 Å². The van der Waals surface area contributed by atoms with E-state index in [1.54, 1.807) is 6.20 Å². The van der Waals surface area contributed by atoms with Crippen LogP contribution in [-0.2, 0) is 11.3 Å². The van der Waals surface area contributed by atoms with Crippen LogP contribution in [0.3, 0.4) is 0 Å². The van der Waals surface area contributed by atoms with Crippen molar-refractivity contribution in [2.24, 2.45) is 5.41 Å². The third-order valence-electron chi connectivity index (χ3n) is 2.51. The van der Waals surface area contributed by atoms with E-state index < -0.39 is 5.41 Å². The Labute approximate surface area is 81.9 Å². The SMILES string of the molecule is N#CC1(C(=O)NCc2cc[nH]c2)CC1. The second kappa shape index (κ2) is 3.18. The molecule has 1 amide bonds. The first-order valence-electron chi connectivity index (χ1n) is 4.58. The van der Waals surface area contributed by atoms with Crippen molar-refractivity contribution >= 4 is 5.91 Å². The van der Waals surface area contributed by atoms with Crippen LogP contribution in [0.4, 0.5) is 0 Å². The second-order valence-corrected chi connectivity index (χ2v) is 3.60. The summed E-state index contributed by atoms with van der Waals surface area (Å²) in [5.41, 5.74) is 0.308. The van der Waals surface area contributed by atoms with Crippen molar-refractivity contribution in [1.29, 1.82) is 5.26 Å². The molecule has 1 aromatic heterocycles. The zero-order chi connectivity index (χ0) is 10.0. The van der Waals surface area contributed by atoms with E-state index >= 15 is 0 Å². The quantitative estimate of drug-likeness (QED) is 0.742. The topological polar surface area (TPSA) is 68.7 Å². The van der Waals surface area contributed by atoms with Crippen molar-refractivity contribution < 1.29 is 4.79 Å². The Hall–Kier alpha value is -1.76. The number of hydrogen-bond donors (Lipinski definition) is 2. The Morgan fingerprint density at radius 1 is 1.71 bits per heavy atom. The first kappa shape index (κ1) is 8.82. The highest BCUT2D eigenvalue weighted by Gasteiger charge is 2.50. The minimum absolute atomic E-state index is 0.138. The summed E-state index contributed by atoms with van der Waals surface area (Å²) in [5.74, 6) is -0.138. The average molecular weight is 189 g/mol. The van der Waals surface area contributed by atoms with E-state index in [2.05, 4.69) is 16.4 Å². The molecule has 0 aromatic carbocycles. The molecule has 14 heavy (non-hydrogen) atoms. The number of aromatic amines is 1. The number of carbonyl (C=O) groups excluding carboxylic acids is 1. The fraction of sp³-hybridized carbons (Fsp3) is 0.400. The van der Waals surface area contributed by atoms with E-state index in [9.17, 15) is 4.79 Å². The summed E-state index contributed by atoms with van der Waals surface area (Å²) >= 11 is 0. The van der Waals surface area contributed by atoms with Crippen molar-refractivity contribution in [1.82, 2.24) is 10.3 Å². The van der Waals surface area contributed by atoms with Gasteiger partial charge in [0.25, 0.3) is 0 Å². The van der Waals surface area contributed by atoms with E-state index in [1.165, 1.54) is 0 Å². The smallest absolute Gasteiger partial charge is 0.240 e. The van der Waals surface area contributed by atoms with Crippen molar-refractivity contribution in [3.63, 3.8) is 0 Å². The molecular formula is C10H11N3O. The minimum Gasteiger partial charge on any atom is -0.367 e. The van der Waals surface area contributed by atoms with E-state index in [0.29, 0.717) is 19.4 Å². The van der Waals surface area contributed by atoms with Crippen LogP contribution >= 0.6 is 0 Å². The molecule has 2 rings (SSSR count). The molecule has 2 N–H and O–H groups in total. The predicted octanol–water partition coefficient (Wildman–Crippen LogP) is 0.935. The molecule has 0 bridgehead atoms. The van der Waals surface area contributed by atoms with Gasteiger partial charge in [-0.05, 0) is 24.5 Å². The van der Waals surface area contributed by atoms with Gasteiger partial charge in [0.15, 0.2) is 0 Å². The highest BCUT2D eigenvalue weighted by atomic mass is 16.2. The third-order valence-corrected chi connectivity index (χ3v) is 2.51. The Morgan fingerprint density at radius 3 is 3.00 bits per heavy atom. The lowest BCUT2D eigenvalue weighted by molar-refractivity contribution is -0.124. The van der Waals surface area contributed by atoms with Gasteiger partial charge in [0.1, 0.15) is 5.41 Å². The Balaban J connectivity index is 1.88. The summed E-state index contributed by atoms with van der Waals surface area (Å²) in [7, 11) is 0. The van der Waals surface area contributed by atoms with Gasteiger partial charge in [-0.1, -0.05) is 0 Å². The number of amides is 1. The fourth-order valence-corrected chi connectivity index (χ4v) is 1.33. The summed E-state index contributed by atoms with van der Waals surface area (Å²) in [4.78, 5) is 14.4. The Bertz CT molecular complexity index is 371. The molecule has 1 aliphatic rings. The molecule has 1 saturated carbocycles. The van der Waals surface area contributed by atoms with Crippen LogP contribution < -0.4 is 5.32 Å². The van der Waals surface area contributed by atoms with Crippen LogP contribution in [0, 0.1) is 16.7 Å². The zero-order valence-electron chi connectivity index (χ0n) is 7.71. The van der Waals surface area contributed by atoms with Gasteiger partial charge < -0.3 is 10.3 Å². The van der Waals surface area contributed by atoms with Crippen molar-refractivity contribution in [2.75, 3.05) is 0 Å². The fourth-order valence-electron chi connectivity index (χ4n) is 1.33. The van der Waals surface area contributed by atoms with Crippen LogP contribution in [0.15, 0.2) is 18.5 Å². The minimum atomic E-state index is -0.712. The lowest BCUT2D eigenvalue weighted by Crippen LogP contribution is -2.30. The molecule has 0 radical (unpaired) electrons. The van der Waals surface area contributed by atoms with Crippen molar-refractivity contribution in [3.8, 4) is 6.07 Å². The summed E-state index contributed by atoms with van der Waals surface area (Å²) in [6, 6.07) is 3.96. The maximum atomic E-state index is 11.5. The number of rotatable bonds is 3. The van der Waals surface area contributed by atoms with Gasteiger partial charge in [-0.2, -0.15) is 5.26 Å². The number of carbonyl (C=O) groups is 1. The first-order valence-corrected chi connectivity index (χ1v) is 4.58. The molecule has 0 spiro atoms. The molecule has 1 aliphatic carbocycles. The van der Waals surface area contributed by atoms with Gasteiger partial charge >= 0.3 is 0 Å². The highest BCUT2D eigenvalue weighted by molar-refractivity contribution is 5.88. The zero-order valence-corrected chi connectivity index (χ0v) is 7.71. The number of nitriles is 1. The summed E-state index contributed by atoms with van der Waals surface area (Å²) in [6.07, 6.45) is 5.02. The maximum absolute atomic E-state index is 11.5. The molecule has 0 aliphatic heterocycles. The molecule has 4 nitrogen and oxygen atoms in total. The molecule has 0 saturated heterocycles. The van der Waals surface area contributed by atoms with Crippen LogP contribution in [0.1, 0.15) is 18.4 Å². The summed E-state index contributed by atoms with van der Waals surface area (Å²) in [5, 5.41) is 11.5. The van der Waals surface area contributed by atoms with Crippen LogP contribution in [0.5, 0.6) is 0 Å². The van der Waals surface area contributed by atoms with Crippen molar-refractivity contribution in [2.45, 2.75) is 19.4 Å². The Kier molecular flexibility index (Phi) is 2.01. The predicted molar refractivity (Wildman–Crippen MR) is 49.9 cm³/mol. The normalized spacial score (nSPS) is 17.1. The van der Waals surface area contributed by atoms with Gasteiger partial charge in [-0.15, -0.1) is 0 Å². The van der Waals surface area contributed by atoms with Gasteiger partial charge in [0.05, 0.1) is 6.07 Å². The molecule has 1 aromatic rings. The number of H-pyrrole nitrogens is 1. The lowest BCUT2D eigenvalue weighted by Gasteiger charge is -2.06.